The molecule has 3 unspecified atom stereocenters. The van der Waals surface area contributed by atoms with E-state index < -0.39 is 21.4 Å². The molecule has 3 aliphatic rings. The standard InChI is InChI=1S/2C45H31N2OP.C41H29N2OP/c1-2-42-46-38-24-13-25-41-45(38)47(42)39-28-30(26-27-40(39)49(41,48)31-16-4-3-5-17-31)43-34-19-8-10-21-36(34)44(37-22-11-9-20-35(37)43)33-23-12-15-29-14-6-7-18-32(29)33;1-2-42-46-38-21-12-22-41-45(38)47(42)39-28-32(25-26-40(39)49(41,48)33-15-4-3-5-16-33)44-36-19-10-8-17-34(36)43(35-18-9-11-20-37(35)44)31-24-23-29-13-6-7-14-30(29)27-31;1-2-38-42-34-22-13-23-37-41(34)43(38)35-26-28(24-25-36(35)45(37,44)29-16-7-4-8-17-29)40-32-20-11-9-18-30(32)39(27-14-5-3-6-15-27)31-19-10-12-21-33(31)40/h2*3-28H,2H2,1H3;3-26H,2H2,1H3. The molecule has 0 saturated carbocycles. The van der Waals surface area contributed by atoms with Crippen LogP contribution < -0.4 is 47.7 Å². The van der Waals surface area contributed by atoms with E-state index in [0.717, 1.165) is 151 Å². The first-order valence-corrected chi connectivity index (χ1v) is 54.4. The van der Waals surface area contributed by atoms with Gasteiger partial charge in [0.15, 0.2) is 21.4 Å². The molecule has 9 nitrogen and oxygen atoms in total. The quantitative estimate of drug-likeness (QED) is 0.0891. The Labute approximate surface area is 827 Å². The van der Waals surface area contributed by atoms with Crippen LogP contribution in [0.5, 0.6) is 0 Å². The van der Waals surface area contributed by atoms with Gasteiger partial charge in [-0.25, -0.2) is 15.0 Å². The molecule has 23 aromatic carbocycles. The van der Waals surface area contributed by atoms with Crippen LogP contribution in [0.25, 0.3) is 203 Å². The Balaban J connectivity index is 0.000000107. The van der Waals surface area contributed by atoms with Crippen molar-refractivity contribution in [1.82, 2.24) is 28.7 Å². The summed E-state index contributed by atoms with van der Waals surface area (Å²) in [6.45, 7) is 6.43. The Morgan fingerprint density at radius 2 is 0.448 bits per heavy atom. The van der Waals surface area contributed by atoms with Crippen molar-refractivity contribution >= 4 is 188 Å². The SMILES string of the molecule is CCc1nc2cccc3c2n1-c1cc(-c2c4ccccc4c(-c4ccc5ccccc5c4)c4ccccc24)ccc1P3(=O)c1ccccc1.CCc1nc2cccc3c2n1-c1cc(-c2c4ccccc4c(-c4cccc5ccccc45)c4ccccc24)ccc1P3(=O)c1ccccc1.CCc1nc2cccc3c2n1-c1cc(-c2c4ccccc4c(-c4ccccc4)c4ccccc24)ccc1P3(=O)c1ccccc1. The van der Waals surface area contributed by atoms with Gasteiger partial charge in [-0.3, -0.25) is 13.7 Å². The summed E-state index contributed by atoms with van der Waals surface area (Å²) in [4.78, 5) is 15.2. The maximum absolute atomic E-state index is 15.7. The van der Waals surface area contributed by atoms with Crippen LogP contribution in [-0.4, -0.2) is 28.7 Å². The number of benzene rings is 23. The summed E-state index contributed by atoms with van der Waals surface area (Å²) >= 11 is 0. The largest absolute Gasteiger partial charge is 0.308 e. The second kappa shape index (κ2) is 33.8. The highest BCUT2D eigenvalue weighted by Gasteiger charge is 2.44. The van der Waals surface area contributed by atoms with Crippen molar-refractivity contribution < 1.29 is 13.7 Å². The van der Waals surface area contributed by atoms with E-state index in [-0.39, 0.29) is 0 Å². The monoisotopic (exact) mass is 1890 g/mol. The Hall–Kier alpha value is -16.8. The maximum Gasteiger partial charge on any atom is 0.175 e. The molecule has 6 heterocycles. The molecule has 3 atom stereocenters. The lowest BCUT2D eigenvalue weighted by atomic mass is 9.84. The van der Waals surface area contributed by atoms with Crippen molar-refractivity contribution in [1.29, 1.82) is 0 Å². The molecule has 3 aliphatic heterocycles. The average molecular weight is 1890 g/mol. The molecule has 0 fully saturated rings. The van der Waals surface area contributed by atoms with Crippen molar-refractivity contribution in [2.45, 2.75) is 40.0 Å². The fourth-order valence-corrected chi connectivity index (χ4v) is 32.8. The van der Waals surface area contributed by atoms with Gasteiger partial charge < -0.3 is 13.7 Å². The highest BCUT2D eigenvalue weighted by atomic mass is 31.2. The Bertz CT molecular complexity index is 9820. The van der Waals surface area contributed by atoms with E-state index in [1.165, 1.54) is 136 Å². The van der Waals surface area contributed by atoms with Crippen LogP contribution in [-0.2, 0) is 33.0 Å². The Morgan fingerprint density at radius 3 is 0.776 bits per heavy atom. The second-order valence-electron chi connectivity index (χ2n) is 37.5. The first kappa shape index (κ1) is 85.4. The first-order valence-electron chi connectivity index (χ1n) is 49.3. The van der Waals surface area contributed by atoms with Gasteiger partial charge in [0.2, 0.25) is 0 Å². The molecular weight excluding hydrogens is 1800 g/mol. The van der Waals surface area contributed by atoms with E-state index in [9.17, 15) is 0 Å². The van der Waals surface area contributed by atoms with Gasteiger partial charge in [0.1, 0.15) is 17.5 Å². The van der Waals surface area contributed by atoms with Crippen LogP contribution in [0.2, 0.25) is 0 Å². The normalized spacial score (nSPS) is 15.3. The van der Waals surface area contributed by atoms with Crippen molar-refractivity contribution in [2.75, 3.05) is 0 Å². The van der Waals surface area contributed by atoms with Gasteiger partial charge in [0.05, 0.1) is 50.2 Å². The zero-order valence-electron chi connectivity index (χ0n) is 78.7. The van der Waals surface area contributed by atoms with E-state index >= 15 is 13.7 Å². The molecule has 0 spiro atoms. The number of aryl methyl sites for hydroxylation is 3. The van der Waals surface area contributed by atoms with Gasteiger partial charge in [-0.2, -0.15) is 0 Å². The van der Waals surface area contributed by atoms with Crippen molar-refractivity contribution in [3.8, 4) is 83.8 Å². The maximum atomic E-state index is 15.7. The van der Waals surface area contributed by atoms with Crippen LogP contribution in [0.3, 0.4) is 0 Å². The number of rotatable bonds is 12. The second-order valence-corrected chi connectivity index (χ2v) is 45.6. The molecule has 0 radical (unpaired) electrons. The predicted octanol–water partition coefficient (Wildman–Crippen LogP) is 29.8. The lowest BCUT2D eigenvalue weighted by molar-refractivity contribution is 0.591. The molecule has 678 valence electrons. The van der Waals surface area contributed by atoms with Crippen LogP contribution in [0.1, 0.15) is 38.2 Å². The third kappa shape index (κ3) is 13.0. The van der Waals surface area contributed by atoms with Crippen LogP contribution in [0.4, 0.5) is 0 Å². The topological polar surface area (TPSA) is 105 Å². The molecule has 0 bridgehead atoms. The molecule has 3 aromatic heterocycles. The fourth-order valence-electron chi connectivity index (χ4n) is 23.9. The predicted molar refractivity (Wildman–Crippen MR) is 603 cm³/mol. The summed E-state index contributed by atoms with van der Waals surface area (Å²) < 4.78 is 53.8. The summed E-state index contributed by atoms with van der Waals surface area (Å²) in [6, 6.07) is 162. The van der Waals surface area contributed by atoms with Crippen LogP contribution in [0.15, 0.2) is 461 Å². The zero-order chi connectivity index (χ0) is 95.5. The highest BCUT2D eigenvalue weighted by Crippen LogP contribution is 2.57. The van der Waals surface area contributed by atoms with Crippen LogP contribution >= 0.6 is 21.4 Å². The van der Waals surface area contributed by atoms with E-state index in [1.807, 2.05) is 146 Å². The lowest BCUT2D eigenvalue weighted by Crippen LogP contribution is -2.33. The summed E-state index contributed by atoms with van der Waals surface area (Å²) in [5, 5.41) is 27.1. The number of hydrogen-bond donors (Lipinski definition) is 0. The van der Waals surface area contributed by atoms with E-state index in [0.29, 0.717) is 0 Å². The molecule has 12 heteroatoms. The number of nitrogens with zero attached hydrogens (tertiary/aromatic N) is 6. The van der Waals surface area contributed by atoms with Gasteiger partial charge >= 0.3 is 0 Å². The third-order valence-corrected chi connectivity index (χ3v) is 39.4. The van der Waals surface area contributed by atoms with Gasteiger partial charge in [-0.1, -0.05) is 403 Å². The molecule has 0 N–H and O–H groups in total. The summed E-state index contributed by atoms with van der Waals surface area (Å²) in [7, 11) is -9.58. The van der Waals surface area contributed by atoms with Gasteiger partial charge in [0.25, 0.3) is 0 Å². The number of aromatic nitrogens is 6. The minimum atomic E-state index is -3.20. The molecule has 0 amide bonds. The highest BCUT2D eigenvalue weighted by molar-refractivity contribution is 7.87. The Kier molecular flexibility index (Phi) is 20.2. The number of para-hydroxylation sites is 3. The van der Waals surface area contributed by atoms with Gasteiger partial charge in [-0.05, 0) is 232 Å². The number of fused-ring (bicyclic) bond motifs is 14. The molecule has 143 heavy (non-hydrogen) atoms. The molecule has 0 aliphatic carbocycles. The van der Waals surface area contributed by atoms with Crippen molar-refractivity contribution in [3.05, 3.63) is 479 Å². The minimum Gasteiger partial charge on any atom is -0.308 e. The number of imidazole rings is 3. The molecule has 29 rings (SSSR count). The summed E-state index contributed by atoms with van der Waals surface area (Å²) in [6.07, 6.45) is 2.30. The van der Waals surface area contributed by atoms with Gasteiger partial charge in [0, 0.05) is 67.0 Å². The lowest BCUT2D eigenvalue weighted by Gasteiger charge is -2.30. The summed E-state index contributed by atoms with van der Waals surface area (Å²) in [5.74, 6) is 2.92. The molecule has 0 saturated heterocycles. The minimum absolute atomic E-state index is 0.763. The van der Waals surface area contributed by atoms with E-state index in [2.05, 4.69) is 350 Å². The molecule has 26 aromatic rings. The first-order chi connectivity index (χ1) is 70.5. The Morgan fingerprint density at radius 1 is 0.196 bits per heavy atom. The average Bonchev–Trinajstić information content (AvgIpc) is 1.60. The van der Waals surface area contributed by atoms with E-state index in [4.69, 9.17) is 15.0 Å². The number of hydrogen-bond acceptors (Lipinski definition) is 6. The van der Waals surface area contributed by atoms with Gasteiger partial charge in [-0.15, -0.1) is 0 Å². The van der Waals surface area contributed by atoms with Crippen LogP contribution in [0, 0.1) is 0 Å². The molecular formula is C131H91N6O3P3. The third-order valence-electron chi connectivity index (χ3n) is 30.0. The smallest absolute Gasteiger partial charge is 0.175 e. The fraction of sp³-hybridized carbons (Fsp3) is 0.0458. The zero-order valence-corrected chi connectivity index (χ0v) is 81.4. The van der Waals surface area contributed by atoms with Crippen molar-refractivity contribution in [2.24, 2.45) is 0 Å². The summed E-state index contributed by atoms with van der Waals surface area (Å²) in [5.41, 5.74) is 22.6. The van der Waals surface area contributed by atoms with Crippen molar-refractivity contribution in [3.63, 3.8) is 0 Å². The van der Waals surface area contributed by atoms with E-state index in [1.54, 1.807) is 0 Å².